The first-order chi connectivity index (χ1) is 21.6. The minimum atomic E-state index is -5.70. The lowest BCUT2D eigenvalue weighted by atomic mass is 10.0. The Hall–Kier alpha value is -2.32. The molecule has 1 aliphatic rings. The second-order valence-electron chi connectivity index (χ2n) is 13.7. The highest BCUT2D eigenvalue weighted by atomic mass is 32.2. The molecule has 5 atom stereocenters. The van der Waals surface area contributed by atoms with Crippen LogP contribution < -0.4 is 5.56 Å². The fraction of sp³-hybridized carbons (Fsp3) is 0.741. The van der Waals surface area contributed by atoms with Crippen molar-refractivity contribution < 1.29 is 59.0 Å². The van der Waals surface area contributed by atoms with Crippen molar-refractivity contribution in [1.82, 2.24) is 19.9 Å². The van der Waals surface area contributed by atoms with Crippen molar-refractivity contribution in [2.45, 2.75) is 102 Å². The quantitative estimate of drug-likeness (QED) is 0.122. The summed E-state index contributed by atoms with van der Waals surface area (Å²) in [6, 6.07) is -1.83. The van der Waals surface area contributed by atoms with Crippen LogP contribution in [0.4, 0.5) is 18.0 Å². The van der Waals surface area contributed by atoms with E-state index in [9.17, 15) is 46.0 Å². The molecule has 0 aromatic carbocycles. The predicted octanol–water partition coefficient (Wildman–Crippen LogP) is 4.41. The van der Waals surface area contributed by atoms with Gasteiger partial charge >= 0.3 is 21.7 Å². The molecule has 3 rings (SSSR count). The van der Waals surface area contributed by atoms with Crippen molar-refractivity contribution in [3.8, 4) is 0 Å². The SMILES string of the molecule is CC(C)(C)OC(=O)N1[C@H](CO[Si](C)(C)C(C)(C)C)[C@@H](O)[C@@H](O)[C@H]1c1c[nH]c2c(=O)[nH]cnc12.CCOP(C)(=O)COS(=O)(=O)C(F)(F)F. The molecule has 2 aromatic rings. The third-order valence-electron chi connectivity index (χ3n) is 7.70. The second-order valence-corrected chi connectivity index (χ2v) is 22.7. The molecular formula is C27H46F3N4O11PSSi. The molecule has 21 heteroatoms. The van der Waals surface area contributed by atoms with Gasteiger partial charge in [-0.3, -0.25) is 18.4 Å². The Morgan fingerprint density at radius 3 is 2.19 bits per heavy atom. The first-order valence-corrected chi connectivity index (χ1v) is 21.4. The summed E-state index contributed by atoms with van der Waals surface area (Å²) in [7, 11) is -11.4. The number of likely N-dealkylation sites (tertiary alicyclic amines) is 1. The molecule has 3 heterocycles. The lowest BCUT2D eigenvalue weighted by Gasteiger charge is -2.39. The summed E-state index contributed by atoms with van der Waals surface area (Å²) >= 11 is 0. The number of aromatic nitrogens is 3. The van der Waals surface area contributed by atoms with Gasteiger partial charge in [-0.15, -0.1) is 0 Å². The van der Waals surface area contributed by atoms with Gasteiger partial charge in [-0.05, 0) is 45.8 Å². The number of hydrogen-bond donors (Lipinski definition) is 4. The Morgan fingerprint density at radius 1 is 1.10 bits per heavy atom. The zero-order valence-corrected chi connectivity index (χ0v) is 31.2. The van der Waals surface area contributed by atoms with E-state index in [0.29, 0.717) is 11.1 Å². The number of alkyl halides is 3. The number of carbonyl (C=O) groups excluding carboxylic acids is 1. The van der Waals surface area contributed by atoms with Crippen molar-refractivity contribution in [2.24, 2.45) is 0 Å². The maximum absolute atomic E-state index is 13.3. The average molecular weight is 751 g/mol. The normalized spacial score (nSPS) is 22.3. The highest BCUT2D eigenvalue weighted by molar-refractivity contribution is 7.87. The van der Waals surface area contributed by atoms with Crippen LogP contribution in [0.15, 0.2) is 17.3 Å². The number of nitrogens with one attached hydrogen (secondary N) is 2. The first-order valence-electron chi connectivity index (χ1n) is 14.8. The molecular weight excluding hydrogens is 704 g/mol. The standard InChI is InChI=1S/C22H36N4O6Si.C5H10F3O5PS/c1-21(2,3)32-20(30)26-13(10-31-33(7,8)22(4,5)6)17(27)18(28)16(26)12-9-23-15-14(12)24-11-25-19(15)29;1-3-12-14(2,9)4-13-15(10,11)5(6,7)8/h9,11,13,16-18,23,27-28H,10H2,1-8H3,(H,24,25,29);3-4H2,1-2H3/t13-,16-,17-,18+;/m1./s1. The zero-order chi connectivity index (χ0) is 37.3. The Morgan fingerprint density at radius 2 is 1.69 bits per heavy atom. The van der Waals surface area contributed by atoms with Crippen molar-refractivity contribution >= 4 is 42.9 Å². The number of hydrogen-bond acceptors (Lipinski definition) is 12. The molecule has 48 heavy (non-hydrogen) atoms. The van der Waals surface area contributed by atoms with Crippen molar-refractivity contribution in [3.63, 3.8) is 0 Å². The molecule has 1 saturated heterocycles. The molecule has 2 aromatic heterocycles. The van der Waals surface area contributed by atoms with Crippen LogP contribution in [0.25, 0.3) is 11.0 Å². The van der Waals surface area contributed by atoms with Crippen LogP contribution in [0, 0.1) is 0 Å². The smallest absolute Gasteiger partial charge is 0.444 e. The van der Waals surface area contributed by atoms with Crippen LogP contribution in [0.2, 0.25) is 18.1 Å². The van der Waals surface area contributed by atoms with E-state index in [4.69, 9.17) is 9.16 Å². The number of halogens is 3. The van der Waals surface area contributed by atoms with Crippen LogP contribution in [0.1, 0.15) is 60.1 Å². The van der Waals surface area contributed by atoms with Crippen LogP contribution in [0.3, 0.4) is 0 Å². The maximum Gasteiger partial charge on any atom is 0.523 e. The van der Waals surface area contributed by atoms with Crippen LogP contribution >= 0.6 is 7.37 Å². The number of aliphatic hydroxyl groups is 2. The summed E-state index contributed by atoms with van der Waals surface area (Å²) in [5, 5.41) is 22.0. The lowest BCUT2D eigenvalue weighted by molar-refractivity contribution is -0.0532. The first kappa shape index (κ1) is 41.8. The molecule has 0 radical (unpaired) electrons. The number of ether oxygens (including phenoxy) is 1. The molecule has 4 N–H and O–H groups in total. The molecule has 0 saturated carbocycles. The summed E-state index contributed by atoms with van der Waals surface area (Å²) < 4.78 is 87.3. The monoisotopic (exact) mass is 750 g/mol. The van der Waals surface area contributed by atoms with E-state index >= 15 is 0 Å². The molecule has 0 spiro atoms. The third-order valence-corrected chi connectivity index (χ3v) is 14.8. The Balaban J connectivity index is 0.000000450. The fourth-order valence-corrected chi connectivity index (χ4v) is 7.37. The number of fused-ring (bicyclic) bond motifs is 1. The number of aliphatic hydroxyl groups excluding tert-OH is 2. The predicted molar refractivity (Wildman–Crippen MR) is 173 cm³/mol. The Kier molecular flexibility index (Phi) is 13.0. The van der Waals surface area contributed by atoms with Gasteiger partial charge in [0.1, 0.15) is 35.2 Å². The summed E-state index contributed by atoms with van der Waals surface area (Å²) in [5.74, 6) is 0. The van der Waals surface area contributed by atoms with Gasteiger partial charge in [-0.25, -0.2) is 9.78 Å². The van der Waals surface area contributed by atoms with E-state index in [1.54, 1.807) is 20.8 Å². The largest absolute Gasteiger partial charge is 0.523 e. The Labute approximate surface area is 278 Å². The van der Waals surface area contributed by atoms with E-state index in [1.165, 1.54) is 24.3 Å². The van der Waals surface area contributed by atoms with Crippen molar-refractivity contribution in [1.29, 1.82) is 0 Å². The number of nitrogens with zero attached hydrogens (tertiary/aromatic N) is 2. The lowest BCUT2D eigenvalue weighted by Crippen LogP contribution is -2.49. The van der Waals surface area contributed by atoms with E-state index in [0.717, 1.165) is 6.66 Å². The summed E-state index contributed by atoms with van der Waals surface area (Å²) in [6.45, 7) is 18.2. The van der Waals surface area contributed by atoms with Gasteiger partial charge in [-0.2, -0.15) is 21.6 Å². The summed E-state index contributed by atoms with van der Waals surface area (Å²) in [6.07, 6.45) is -1.63. The van der Waals surface area contributed by atoms with Gasteiger partial charge < -0.3 is 33.9 Å². The number of rotatable bonds is 9. The molecule has 1 fully saturated rings. The van der Waals surface area contributed by atoms with Crippen LogP contribution in [-0.4, -0.2) is 108 Å². The number of carbonyl (C=O) groups is 1. The third kappa shape index (κ3) is 10.1. The number of amides is 1. The minimum Gasteiger partial charge on any atom is -0.444 e. The number of aromatic amines is 2. The van der Waals surface area contributed by atoms with Gasteiger partial charge in [0.05, 0.1) is 31.6 Å². The average Bonchev–Trinajstić information content (AvgIpc) is 3.44. The topological polar surface area (TPSA) is 210 Å². The molecule has 0 aliphatic carbocycles. The molecule has 1 amide bonds. The van der Waals surface area contributed by atoms with E-state index < -0.39 is 73.6 Å². The van der Waals surface area contributed by atoms with Crippen LogP contribution in [-0.2, 0) is 32.6 Å². The zero-order valence-electron chi connectivity index (χ0n) is 28.5. The molecule has 15 nitrogen and oxygen atoms in total. The number of H-pyrrole nitrogens is 2. The summed E-state index contributed by atoms with van der Waals surface area (Å²) in [4.78, 5) is 36.4. The van der Waals surface area contributed by atoms with Crippen molar-refractivity contribution in [2.75, 3.05) is 26.2 Å². The molecule has 0 bridgehead atoms. The maximum atomic E-state index is 13.3. The minimum absolute atomic E-state index is 0.0107. The summed E-state index contributed by atoms with van der Waals surface area (Å²) in [5.41, 5.74) is -5.72. The highest BCUT2D eigenvalue weighted by Gasteiger charge is 2.53. The van der Waals surface area contributed by atoms with Gasteiger partial charge in [-0.1, -0.05) is 20.8 Å². The highest BCUT2D eigenvalue weighted by Crippen LogP contribution is 2.44. The van der Waals surface area contributed by atoms with E-state index in [-0.39, 0.29) is 29.3 Å². The van der Waals surface area contributed by atoms with E-state index in [2.05, 4.69) is 57.5 Å². The van der Waals surface area contributed by atoms with Gasteiger partial charge in [0, 0.05) is 18.4 Å². The molecule has 1 unspecified atom stereocenters. The molecule has 276 valence electrons. The van der Waals surface area contributed by atoms with Gasteiger partial charge in [0.15, 0.2) is 8.32 Å². The van der Waals surface area contributed by atoms with Crippen molar-refractivity contribution in [3.05, 3.63) is 28.4 Å². The van der Waals surface area contributed by atoms with Gasteiger partial charge in [0.25, 0.3) is 5.56 Å². The van der Waals surface area contributed by atoms with Gasteiger partial charge in [0.2, 0.25) is 7.37 Å². The fourth-order valence-electron chi connectivity index (χ4n) is 4.27. The second kappa shape index (κ2) is 14.9. The Bertz CT molecular complexity index is 1640. The molecule has 1 aliphatic heterocycles. The van der Waals surface area contributed by atoms with Crippen LogP contribution in [0.5, 0.6) is 0 Å². The van der Waals surface area contributed by atoms with E-state index in [1.807, 2.05) is 0 Å².